The number of nitrogens with zero attached hydrogens (tertiary/aromatic N) is 1. The zero-order valence-electron chi connectivity index (χ0n) is 17.3. The number of carbonyl (C=O) groups excluding carboxylic acids is 1. The highest BCUT2D eigenvalue weighted by Gasteiger charge is 2.40. The highest BCUT2D eigenvalue weighted by Crippen LogP contribution is 2.44. The van der Waals surface area contributed by atoms with Crippen LogP contribution in [0.4, 0.5) is 22.4 Å². The van der Waals surface area contributed by atoms with Crippen LogP contribution in [0.15, 0.2) is 30.3 Å². The molecule has 3 rings (SSSR count). The van der Waals surface area contributed by atoms with Crippen molar-refractivity contribution in [3.8, 4) is 16.9 Å². The smallest absolute Gasteiger partial charge is 0.416 e. The van der Waals surface area contributed by atoms with E-state index in [9.17, 15) is 22.4 Å². The molecule has 1 aliphatic rings. The first-order valence-corrected chi connectivity index (χ1v) is 9.48. The number of rotatable bonds is 4. The van der Waals surface area contributed by atoms with Gasteiger partial charge in [-0.1, -0.05) is 19.9 Å². The van der Waals surface area contributed by atoms with Gasteiger partial charge in [0.25, 0.3) is 0 Å². The molecule has 0 saturated carbocycles. The molecule has 1 fully saturated rings. The van der Waals surface area contributed by atoms with E-state index >= 15 is 0 Å². The predicted octanol–water partition coefficient (Wildman–Crippen LogP) is 6.16. The Kier molecular flexibility index (Phi) is 5.71. The quantitative estimate of drug-likeness (QED) is 0.551. The number of benzene rings is 2. The molecule has 2 atom stereocenters. The van der Waals surface area contributed by atoms with Crippen LogP contribution in [0, 0.1) is 5.82 Å². The first kappa shape index (κ1) is 21.9. The van der Waals surface area contributed by atoms with Gasteiger partial charge in [-0.3, -0.25) is 0 Å². The average Bonchev–Trinajstić information content (AvgIpc) is 2.93. The van der Waals surface area contributed by atoms with Crippen molar-refractivity contribution in [2.24, 2.45) is 0 Å². The minimum atomic E-state index is -4.57. The highest BCUT2D eigenvalue weighted by molar-refractivity contribution is 5.77. The highest BCUT2D eigenvalue weighted by atomic mass is 19.4. The third-order valence-electron chi connectivity index (χ3n) is 5.48. The molecule has 162 valence electrons. The molecule has 1 heterocycles. The third-order valence-corrected chi connectivity index (χ3v) is 5.48. The number of carbonyl (C=O) groups is 1. The summed E-state index contributed by atoms with van der Waals surface area (Å²) in [7, 11) is 2.89. The Hall–Kier alpha value is -2.77. The average molecular weight is 425 g/mol. The summed E-state index contributed by atoms with van der Waals surface area (Å²) in [5.74, 6) is -0.426. The fourth-order valence-corrected chi connectivity index (χ4v) is 3.60. The van der Waals surface area contributed by atoms with Gasteiger partial charge in [-0.15, -0.1) is 0 Å². The number of amides is 1. The van der Waals surface area contributed by atoms with Crippen LogP contribution in [0.2, 0.25) is 0 Å². The molecule has 1 aliphatic heterocycles. The maximum absolute atomic E-state index is 14.5. The Morgan fingerprint density at radius 2 is 1.80 bits per heavy atom. The van der Waals surface area contributed by atoms with Crippen LogP contribution in [-0.4, -0.2) is 31.2 Å². The lowest BCUT2D eigenvalue weighted by molar-refractivity contribution is -0.137. The van der Waals surface area contributed by atoms with Gasteiger partial charge in [0.05, 0.1) is 18.7 Å². The largest absolute Gasteiger partial charge is 0.496 e. The lowest BCUT2D eigenvalue weighted by Gasteiger charge is -2.23. The SMILES string of the molecule is COc1cc(F)c(C(C)C)cc1-c1ccc(C(F)(F)F)cc1[C@H]1OC(=O)N(C)[C@@H]1C. The van der Waals surface area contributed by atoms with Crippen LogP contribution < -0.4 is 4.74 Å². The van der Waals surface area contributed by atoms with Crippen molar-refractivity contribution in [2.45, 2.75) is 45.0 Å². The van der Waals surface area contributed by atoms with Gasteiger partial charge in [0.15, 0.2) is 0 Å². The van der Waals surface area contributed by atoms with Gasteiger partial charge in [-0.2, -0.15) is 13.2 Å². The van der Waals surface area contributed by atoms with Crippen molar-refractivity contribution < 1.29 is 31.8 Å². The monoisotopic (exact) mass is 425 g/mol. The van der Waals surface area contributed by atoms with Crippen LogP contribution >= 0.6 is 0 Å². The minimum Gasteiger partial charge on any atom is -0.496 e. The fourth-order valence-electron chi connectivity index (χ4n) is 3.60. The molecule has 8 heteroatoms. The number of alkyl halides is 3. The molecule has 1 amide bonds. The van der Waals surface area contributed by atoms with Crippen molar-refractivity contribution in [1.82, 2.24) is 4.90 Å². The number of likely N-dealkylation sites (N-methyl/N-ethyl adjacent to an activating group) is 1. The second kappa shape index (κ2) is 7.81. The Morgan fingerprint density at radius 1 is 1.13 bits per heavy atom. The van der Waals surface area contributed by atoms with E-state index in [1.54, 1.807) is 13.0 Å². The lowest BCUT2D eigenvalue weighted by atomic mass is 9.89. The van der Waals surface area contributed by atoms with Crippen molar-refractivity contribution in [3.63, 3.8) is 0 Å². The fraction of sp³-hybridized carbons (Fsp3) is 0.409. The van der Waals surface area contributed by atoms with Crippen LogP contribution in [0.25, 0.3) is 11.1 Å². The number of halogens is 4. The molecule has 1 saturated heterocycles. The number of hydrogen-bond donors (Lipinski definition) is 0. The van der Waals surface area contributed by atoms with E-state index in [4.69, 9.17) is 9.47 Å². The van der Waals surface area contributed by atoms with E-state index in [1.165, 1.54) is 31.2 Å². The number of hydrogen-bond acceptors (Lipinski definition) is 3. The first-order chi connectivity index (χ1) is 14.0. The molecule has 0 bridgehead atoms. The molecule has 0 radical (unpaired) electrons. The summed E-state index contributed by atoms with van der Waals surface area (Å²) in [4.78, 5) is 13.3. The van der Waals surface area contributed by atoms with Crippen LogP contribution in [0.5, 0.6) is 5.75 Å². The molecule has 0 aliphatic carbocycles. The molecular weight excluding hydrogens is 402 g/mol. The van der Waals surface area contributed by atoms with Gasteiger partial charge < -0.3 is 14.4 Å². The Balaban J connectivity index is 2.28. The van der Waals surface area contributed by atoms with Crippen LogP contribution in [0.1, 0.15) is 49.5 Å². The number of ether oxygens (including phenoxy) is 2. The van der Waals surface area contributed by atoms with Crippen LogP contribution in [-0.2, 0) is 10.9 Å². The van der Waals surface area contributed by atoms with Gasteiger partial charge in [0, 0.05) is 24.2 Å². The Morgan fingerprint density at radius 3 is 2.30 bits per heavy atom. The molecule has 0 N–H and O–H groups in total. The van der Waals surface area contributed by atoms with Crippen molar-refractivity contribution in [2.75, 3.05) is 14.2 Å². The van der Waals surface area contributed by atoms with Gasteiger partial charge in [-0.05, 0) is 42.2 Å². The molecular formula is C22H23F4NO3. The normalized spacial score (nSPS) is 19.4. The molecule has 4 nitrogen and oxygen atoms in total. The van der Waals surface area contributed by atoms with Gasteiger partial charge >= 0.3 is 12.3 Å². The van der Waals surface area contributed by atoms with E-state index in [1.807, 2.05) is 13.8 Å². The summed E-state index contributed by atoms with van der Waals surface area (Å²) in [5, 5.41) is 0. The van der Waals surface area contributed by atoms with Gasteiger partial charge in [-0.25, -0.2) is 9.18 Å². The standard InChI is InChI=1S/C22H23F4NO3/c1-11(2)15-9-16(19(29-5)10-18(15)23)14-7-6-13(22(24,25)26)8-17(14)20-12(3)27(4)21(28)30-20/h6-12,20H,1-5H3/t12-,20+/m1/s1. The summed E-state index contributed by atoms with van der Waals surface area (Å²) >= 11 is 0. The molecule has 0 aromatic heterocycles. The number of methoxy groups -OCH3 is 1. The topological polar surface area (TPSA) is 38.8 Å². The lowest BCUT2D eigenvalue weighted by Crippen LogP contribution is -2.27. The van der Waals surface area contributed by atoms with Gasteiger partial charge in [0.2, 0.25) is 0 Å². The van der Waals surface area contributed by atoms with Crippen LogP contribution in [0.3, 0.4) is 0 Å². The van der Waals surface area contributed by atoms with Crippen molar-refractivity contribution >= 4 is 6.09 Å². The second-order valence-electron chi connectivity index (χ2n) is 7.68. The van der Waals surface area contributed by atoms with E-state index < -0.39 is 35.8 Å². The Labute approximate surface area is 172 Å². The predicted molar refractivity (Wildman–Crippen MR) is 104 cm³/mol. The summed E-state index contributed by atoms with van der Waals surface area (Å²) in [6.07, 6.45) is -6.11. The zero-order valence-corrected chi connectivity index (χ0v) is 17.3. The summed E-state index contributed by atoms with van der Waals surface area (Å²) in [5.41, 5.74) is 0.565. The molecule has 30 heavy (non-hydrogen) atoms. The maximum Gasteiger partial charge on any atom is 0.416 e. The Bertz CT molecular complexity index is 972. The first-order valence-electron chi connectivity index (χ1n) is 9.48. The molecule has 2 aromatic carbocycles. The van der Waals surface area contributed by atoms with E-state index in [2.05, 4.69) is 0 Å². The van der Waals surface area contributed by atoms with Crippen molar-refractivity contribution in [3.05, 3.63) is 52.8 Å². The van der Waals surface area contributed by atoms with E-state index in [0.717, 1.165) is 12.1 Å². The molecule has 0 spiro atoms. The van der Waals surface area contributed by atoms with E-state index in [-0.39, 0.29) is 17.2 Å². The third kappa shape index (κ3) is 3.82. The second-order valence-corrected chi connectivity index (χ2v) is 7.68. The minimum absolute atomic E-state index is 0.151. The zero-order chi connectivity index (χ0) is 22.4. The summed E-state index contributed by atoms with van der Waals surface area (Å²) in [6, 6.07) is 5.58. The van der Waals surface area contributed by atoms with Gasteiger partial charge in [0.1, 0.15) is 17.7 Å². The number of cyclic esters (lactones) is 1. The molecule has 2 aromatic rings. The van der Waals surface area contributed by atoms with Crippen molar-refractivity contribution in [1.29, 1.82) is 0 Å². The van der Waals surface area contributed by atoms with E-state index in [0.29, 0.717) is 16.7 Å². The maximum atomic E-state index is 14.5. The molecule has 0 unspecified atom stereocenters. The summed E-state index contributed by atoms with van der Waals surface area (Å²) in [6.45, 7) is 5.33. The summed E-state index contributed by atoms with van der Waals surface area (Å²) < 4.78 is 65.4.